The average molecular weight is 347 g/mol. The Hall–Kier alpha value is -1.82. The number of hydrogen-bond donors (Lipinski definition) is 2. The quantitative estimate of drug-likeness (QED) is 0.825. The largest absolute Gasteiger partial charge is 0.481 e. The number of carboxylic acid groups (broad SMARTS) is 1. The van der Waals surface area contributed by atoms with Gasteiger partial charge in [0.25, 0.3) is 0 Å². The second kappa shape index (κ2) is 5.92. The van der Waals surface area contributed by atoms with Crippen molar-refractivity contribution in [1.29, 1.82) is 0 Å². The molecule has 1 aromatic carbocycles. The highest BCUT2D eigenvalue weighted by Crippen LogP contribution is 2.48. The Bertz CT molecular complexity index is 735. The molecule has 0 radical (unpaired) electrons. The van der Waals surface area contributed by atoms with E-state index in [4.69, 9.17) is 0 Å². The van der Waals surface area contributed by atoms with E-state index in [9.17, 15) is 19.1 Å². The molecule has 0 spiro atoms. The minimum absolute atomic E-state index is 0.000968. The summed E-state index contributed by atoms with van der Waals surface area (Å²) in [6.07, 6.45) is 5.36. The summed E-state index contributed by atoms with van der Waals surface area (Å²) in [5.41, 5.74) is 0.796. The number of fused-ring (bicyclic) bond motifs is 3. The predicted molar refractivity (Wildman–Crippen MR) is 88.0 cm³/mol. The minimum atomic E-state index is -0.905. The fraction of sp³-hybridized carbons (Fsp3) is 0.444. The number of benzene rings is 1. The van der Waals surface area contributed by atoms with Crippen molar-refractivity contribution in [3.05, 3.63) is 41.7 Å². The van der Waals surface area contributed by atoms with Crippen molar-refractivity contribution in [2.45, 2.75) is 23.8 Å². The third kappa shape index (κ3) is 2.44. The molecule has 0 saturated heterocycles. The molecular weight excluding hydrogens is 329 g/mol. The number of allylic oxidation sites excluding steroid dienone is 2. The number of thioether (sulfide) groups is 1. The maximum Gasteiger partial charge on any atom is 0.307 e. The lowest BCUT2D eigenvalue weighted by atomic mass is 9.82. The van der Waals surface area contributed by atoms with Crippen LogP contribution in [0.4, 0.5) is 4.39 Å². The number of carbonyl (C=O) groups excluding carboxylic acids is 1. The highest BCUT2D eigenvalue weighted by Gasteiger charge is 2.51. The van der Waals surface area contributed by atoms with Crippen molar-refractivity contribution in [3.63, 3.8) is 0 Å². The van der Waals surface area contributed by atoms with Gasteiger partial charge in [-0.05, 0) is 36.3 Å². The van der Waals surface area contributed by atoms with E-state index in [1.807, 2.05) is 18.2 Å². The topological polar surface area (TPSA) is 66.4 Å². The van der Waals surface area contributed by atoms with Gasteiger partial charge in [-0.25, -0.2) is 4.39 Å². The van der Waals surface area contributed by atoms with Crippen molar-refractivity contribution in [2.75, 3.05) is 5.75 Å². The number of rotatable bonds is 3. The molecule has 0 aromatic heterocycles. The first-order valence-electron chi connectivity index (χ1n) is 8.19. The zero-order valence-corrected chi connectivity index (χ0v) is 13.8. The SMILES string of the molecule is O=C(O)C1C2C=CC(C2)C1C(=O)NC1CCSc2c(F)cccc21. The summed E-state index contributed by atoms with van der Waals surface area (Å²) >= 11 is 1.46. The molecule has 2 bridgehead atoms. The van der Waals surface area contributed by atoms with Crippen LogP contribution >= 0.6 is 11.8 Å². The van der Waals surface area contributed by atoms with Gasteiger partial charge in [0.2, 0.25) is 5.91 Å². The maximum absolute atomic E-state index is 14.0. The molecule has 5 unspecified atom stereocenters. The second-order valence-corrected chi connectivity index (χ2v) is 7.80. The molecule has 4 nitrogen and oxygen atoms in total. The highest BCUT2D eigenvalue weighted by molar-refractivity contribution is 7.99. The molecule has 24 heavy (non-hydrogen) atoms. The average Bonchev–Trinajstić information content (AvgIpc) is 3.17. The lowest BCUT2D eigenvalue weighted by Gasteiger charge is -2.30. The molecule has 1 aliphatic heterocycles. The fourth-order valence-corrected chi connectivity index (χ4v) is 5.46. The molecule has 1 amide bonds. The van der Waals surface area contributed by atoms with Gasteiger partial charge in [0.1, 0.15) is 5.82 Å². The lowest BCUT2D eigenvalue weighted by molar-refractivity contribution is -0.148. The first kappa shape index (κ1) is 15.7. The second-order valence-electron chi connectivity index (χ2n) is 6.69. The smallest absolute Gasteiger partial charge is 0.307 e. The Morgan fingerprint density at radius 1 is 1.21 bits per heavy atom. The van der Waals surface area contributed by atoms with Crippen LogP contribution < -0.4 is 5.32 Å². The monoisotopic (exact) mass is 347 g/mol. The van der Waals surface area contributed by atoms with Gasteiger partial charge in [-0.2, -0.15) is 0 Å². The molecule has 4 rings (SSSR count). The highest BCUT2D eigenvalue weighted by atomic mass is 32.2. The van der Waals surface area contributed by atoms with E-state index in [0.717, 1.165) is 24.2 Å². The van der Waals surface area contributed by atoms with Crippen LogP contribution in [0.25, 0.3) is 0 Å². The zero-order valence-electron chi connectivity index (χ0n) is 12.9. The maximum atomic E-state index is 14.0. The normalized spacial score (nSPS) is 33.3. The van der Waals surface area contributed by atoms with Crippen molar-refractivity contribution in [3.8, 4) is 0 Å². The summed E-state index contributed by atoms with van der Waals surface area (Å²) in [5.74, 6) is -1.87. The Kier molecular flexibility index (Phi) is 3.87. The summed E-state index contributed by atoms with van der Waals surface area (Å²) in [4.78, 5) is 25.0. The molecule has 2 N–H and O–H groups in total. The zero-order chi connectivity index (χ0) is 16.8. The molecule has 1 aromatic rings. The standard InChI is InChI=1S/C18H18FNO3S/c19-12-3-1-2-11-13(6-7-24-16(11)12)20-17(21)14-9-4-5-10(8-9)15(14)18(22)23/h1-5,9-10,13-15H,6-8H2,(H,20,21)(H,22,23). The van der Waals surface area contributed by atoms with Crippen LogP contribution in [0.3, 0.4) is 0 Å². The number of amides is 1. The van der Waals surface area contributed by atoms with Crippen LogP contribution in [0.15, 0.2) is 35.2 Å². The van der Waals surface area contributed by atoms with Crippen molar-refractivity contribution < 1.29 is 19.1 Å². The van der Waals surface area contributed by atoms with E-state index in [0.29, 0.717) is 4.90 Å². The summed E-state index contributed by atoms with van der Waals surface area (Å²) in [6.45, 7) is 0. The number of carbonyl (C=O) groups is 2. The number of nitrogens with one attached hydrogen (secondary N) is 1. The van der Waals surface area contributed by atoms with E-state index in [1.165, 1.54) is 17.8 Å². The van der Waals surface area contributed by atoms with Gasteiger partial charge in [-0.1, -0.05) is 24.3 Å². The van der Waals surface area contributed by atoms with Crippen molar-refractivity contribution >= 4 is 23.6 Å². The van der Waals surface area contributed by atoms with Crippen LogP contribution in [0, 0.1) is 29.5 Å². The molecular formula is C18H18FNO3S. The number of hydrogen-bond acceptors (Lipinski definition) is 3. The molecule has 3 aliphatic rings. The van der Waals surface area contributed by atoms with Crippen molar-refractivity contribution in [1.82, 2.24) is 5.32 Å². The molecule has 1 heterocycles. The van der Waals surface area contributed by atoms with E-state index in [1.54, 1.807) is 6.07 Å². The summed E-state index contributed by atoms with van der Waals surface area (Å²) in [7, 11) is 0. The fourth-order valence-electron chi connectivity index (χ4n) is 4.32. The van der Waals surface area contributed by atoms with Crippen LogP contribution in [0.5, 0.6) is 0 Å². The molecule has 2 aliphatic carbocycles. The van der Waals surface area contributed by atoms with Gasteiger partial charge < -0.3 is 10.4 Å². The molecule has 6 heteroatoms. The number of aliphatic carboxylic acids is 1. The molecule has 5 atom stereocenters. The summed E-state index contributed by atoms with van der Waals surface area (Å²) in [6, 6.07) is 4.67. The van der Waals surface area contributed by atoms with Crippen LogP contribution in [0.1, 0.15) is 24.4 Å². The van der Waals surface area contributed by atoms with Crippen LogP contribution in [-0.2, 0) is 9.59 Å². The number of halogens is 1. The van der Waals surface area contributed by atoms with Crippen LogP contribution in [-0.4, -0.2) is 22.7 Å². The molecule has 1 saturated carbocycles. The lowest BCUT2D eigenvalue weighted by Crippen LogP contribution is -2.42. The molecule has 1 fully saturated rings. The van der Waals surface area contributed by atoms with Gasteiger partial charge >= 0.3 is 5.97 Å². The van der Waals surface area contributed by atoms with Gasteiger partial charge in [0.05, 0.1) is 17.9 Å². The Morgan fingerprint density at radius 2 is 1.96 bits per heavy atom. The first-order valence-corrected chi connectivity index (χ1v) is 9.17. The molecule has 126 valence electrons. The predicted octanol–water partition coefficient (Wildman–Crippen LogP) is 3.00. The Morgan fingerprint density at radius 3 is 2.71 bits per heavy atom. The van der Waals surface area contributed by atoms with E-state index in [-0.39, 0.29) is 29.6 Å². The first-order chi connectivity index (χ1) is 11.6. The van der Waals surface area contributed by atoms with Gasteiger partial charge in [-0.3, -0.25) is 9.59 Å². The third-order valence-electron chi connectivity index (χ3n) is 5.39. The van der Waals surface area contributed by atoms with Gasteiger partial charge in [0, 0.05) is 10.6 Å². The number of carboxylic acids is 1. The van der Waals surface area contributed by atoms with E-state index >= 15 is 0 Å². The Balaban J connectivity index is 1.57. The summed E-state index contributed by atoms with van der Waals surface area (Å²) in [5, 5.41) is 12.5. The van der Waals surface area contributed by atoms with E-state index < -0.39 is 17.8 Å². The van der Waals surface area contributed by atoms with Crippen molar-refractivity contribution in [2.24, 2.45) is 23.7 Å². The summed E-state index contributed by atoms with van der Waals surface area (Å²) < 4.78 is 14.0. The third-order valence-corrected chi connectivity index (χ3v) is 6.55. The Labute approximate surface area is 143 Å². The van der Waals surface area contributed by atoms with E-state index in [2.05, 4.69) is 5.32 Å². The van der Waals surface area contributed by atoms with Gasteiger partial charge in [0.15, 0.2) is 0 Å². The van der Waals surface area contributed by atoms with Gasteiger partial charge in [-0.15, -0.1) is 11.8 Å². The minimum Gasteiger partial charge on any atom is -0.481 e. The van der Waals surface area contributed by atoms with Crippen LogP contribution in [0.2, 0.25) is 0 Å².